The number of rotatable bonds is 13. The van der Waals surface area contributed by atoms with Crippen LogP contribution in [0.15, 0.2) is 18.2 Å². The average Bonchev–Trinajstić information content (AvgIpc) is 2.68. The molecular formula is C21H33NO4Sn. The SMILES string of the molecule is CCCC[C](CCCC)(CCCC)[Sn][c]1ccc([N+](=O)[O-])cc1C(=O)OC. The second-order valence-corrected chi connectivity index (χ2v) is 12.5. The molecule has 0 aromatic heterocycles. The maximum atomic E-state index is 12.3. The third kappa shape index (κ3) is 7.43. The van der Waals surface area contributed by atoms with Crippen LogP contribution in [0.2, 0.25) is 3.43 Å². The van der Waals surface area contributed by atoms with Crippen LogP contribution in [0.25, 0.3) is 0 Å². The Morgan fingerprint density at radius 2 is 1.59 bits per heavy atom. The van der Waals surface area contributed by atoms with E-state index in [0.29, 0.717) is 8.99 Å². The average molecular weight is 482 g/mol. The van der Waals surface area contributed by atoms with Gasteiger partial charge in [-0.05, 0) is 0 Å². The fourth-order valence-electron chi connectivity index (χ4n) is 3.43. The van der Waals surface area contributed by atoms with E-state index in [4.69, 9.17) is 4.74 Å². The summed E-state index contributed by atoms with van der Waals surface area (Å²) in [5.74, 6) is -0.454. The maximum absolute atomic E-state index is 12.3. The number of carbonyl (C=O) groups excluding carboxylic acids is 1. The van der Waals surface area contributed by atoms with Crippen molar-refractivity contribution in [3.63, 3.8) is 0 Å². The molecule has 0 bridgehead atoms. The molecule has 0 aliphatic heterocycles. The van der Waals surface area contributed by atoms with Gasteiger partial charge in [-0.15, -0.1) is 0 Å². The molecule has 0 spiro atoms. The van der Waals surface area contributed by atoms with Crippen LogP contribution in [-0.2, 0) is 4.74 Å². The third-order valence-electron chi connectivity index (χ3n) is 5.05. The van der Waals surface area contributed by atoms with Crippen molar-refractivity contribution in [1.29, 1.82) is 0 Å². The number of ether oxygens (including phenoxy) is 1. The van der Waals surface area contributed by atoms with Crippen molar-refractivity contribution in [2.24, 2.45) is 0 Å². The van der Waals surface area contributed by atoms with Gasteiger partial charge in [0.25, 0.3) is 0 Å². The van der Waals surface area contributed by atoms with Crippen molar-refractivity contribution >= 4 is 36.4 Å². The van der Waals surface area contributed by atoms with Crippen molar-refractivity contribution in [1.82, 2.24) is 0 Å². The van der Waals surface area contributed by atoms with E-state index in [-0.39, 0.29) is 5.69 Å². The van der Waals surface area contributed by atoms with Crippen molar-refractivity contribution in [2.45, 2.75) is 82.0 Å². The first-order valence-corrected chi connectivity index (χ1v) is 12.9. The van der Waals surface area contributed by atoms with Gasteiger partial charge in [-0.3, -0.25) is 0 Å². The molecular weight excluding hydrogens is 449 g/mol. The zero-order chi connectivity index (χ0) is 20.3. The van der Waals surface area contributed by atoms with Gasteiger partial charge in [-0.25, -0.2) is 0 Å². The first-order chi connectivity index (χ1) is 12.9. The summed E-state index contributed by atoms with van der Waals surface area (Å²) in [6.07, 6.45) is 10.7. The van der Waals surface area contributed by atoms with Crippen molar-refractivity contribution in [3.8, 4) is 0 Å². The Kier molecular flexibility index (Phi) is 11.0. The summed E-state index contributed by atoms with van der Waals surface area (Å²) in [7, 11) is 1.34. The number of unbranched alkanes of at least 4 members (excludes halogenated alkanes) is 3. The van der Waals surface area contributed by atoms with E-state index >= 15 is 0 Å². The number of hydrogen-bond donors (Lipinski definition) is 0. The number of non-ortho nitro benzene ring substituents is 1. The van der Waals surface area contributed by atoms with Gasteiger partial charge in [-0.1, -0.05) is 0 Å². The number of esters is 1. The van der Waals surface area contributed by atoms with Gasteiger partial charge in [0.2, 0.25) is 0 Å². The van der Waals surface area contributed by atoms with E-state index in [9.17, 15) is 14.9 Å². The molecule has 0 heterocycles. The summed E-state index contributed by atoms with van der Waals surface area (Å²) in [4.78, 5) is 23.0. The standard InChI is InChI=1S/C13H27.C8H6NO4.Sn/c1-4-7-10-13(11-8-5-2)12-9-6-3;1-13-8(10)6-3-2-4-7(5-6)9(11)12;/h4-12H2,1-3H3;2,4-5H,1H3;. The topological polar surface area (TPSA) is 69.4 Å². The van der Waals surface area contributed by atoms with Gasteiger partial charge in [0, 0.05) is 0 Å². The molecule has 1 rings (SSSR count). The van der Waals surface area contributed by atoms with Crippen LogP contribution in [-0.4, -0.2) is 39.1 Å². The van der Waals surface area contributed by atoms with E-state index in [0.717, 1.165) is 3.58 Å². The van der Waals surface area contributed by atoms with Crippen LogP contribution in [0.3, 0.4) is 0 Å². The summed E-state index contributed by atoms with van der Waals surface area (Å²) in [6, 6.07) is 4.79. The van der Waals surface area contributed by atoms with Gasteiger partial charge in [0.05, 0.1) is 0 Å². The molecule has 0 saturated heterocycles. The third-order valence-corrected chi connectivity index (χ3v) is 10.7. The molecule has 0 atom stereocenters. The van der Waals surface area contributed by atoms with Crippen LogP contribution >= 0.6 is 0 Å². The van der Waals surface area contributed by atoms with Crippen LogP contribution in [0.5, 0.6) is 0 Å². The molecule has 0 saturated carbocycles. The predicted molar refractivity (Wildman–Crippen MR) is 111 cm³/mol. The Balaban J connectivity index is 3.30. The molecule has 6 heteroatoms. The fraction of sp³-hybridized carbons (Fsp3) is 0.667. The van der Waals surface area contributed by atoms with Crippen LogP contribution in [0, 0.1) is 10.1 Å². The molecule has 1 aromatic carbocycles. The number of nitrogens with zero attached hydrogens (tertiary/aromatic N) is 1. The number of carbonyl (C=O) groups is 1. The zero-order valence-corrected chi connectivity index (χ0v) is 20.0. The van der Waals surface area contributed by atoms with E-state index in [1.165, 1.54) is 71.0 Å². The van der Waals surface area contributed by atoms with Crippen molar-refractivity contribution in [2.75, 3.05) is 7.11 Å². The summed E-state index contributed by atoms with van der Waals surface area (Å²) < 4.78 is 6.29. The summed E-state index contributed by atoms with van der Waals surface area (Å²) in [5, 5.41) is 11.2. The first-order valence-electron chi connectivity index (χ1n) is 10.1. The molecule has 5 nitrogen and oxygen atoms in total. The Bertz CT molecular complexity index is 596. The van der Waals surface area contributed by atoms with Crippen molar-refractivity contribution in [3.05, 3.63) is 33.9 Å². The van der Waals surface area contributed by atoms with Gasteiger partial charge in [0.1, 0.15) is 0 Å². The molecule has 0 N–H and O–H groups in total. The Hall–Kier alpha value is -1.11. The Morgan fingerprint density at radius 1 is 1.07 bits per heavy atom. The number of hydrogen-bond acceptors (Lipinski definition) is 4. The summed E-state index contributed by atoms with van der Waals surface area (Å²) in [6.45, 7) is 6.67. The van der Waals surface area contributed by atoms with E-state index in [1.54, 1.807) is 6.07 Å². The number of methoxy groups -OCH3 is 1. The number of nitro groups is 1. The van der Waals surface area contributed by atoms with E-state index < -0.39 is 32.0 Å². The molecule has 0 unspecified atom stereocenters. The summed E-state index contributed by atoms with van der Waals surface area (Å²) in [5.41, 5.74) is 0.368. The number of benzene rings is 1. The zero-order valence-electron chi connectivity index (χ0n) is 17.2. The second kappa shape index (κ2) is 12.4. The summed E-state index contributed by atoms with van der Waals surface area (Å²) >= 11 is -1.16. The molecule has 0 aliphatic carbocycles. The van der Waals surface area contributed by atoms with Crippen LogP contribution in [0.1, 0.15) is 88.9 Å². The monoisotopic (exact) mass is 483 g/mol. The number of nitro benzene ring substituents is 1. The molecule has 150 valence electrons. The van der Waals surface area contributed by atoms with E-state index in [1.807, 2.05) is 6.07 Å². The molecule has 0 aliphatic rings. The predicted octanol–water partition coefficient (Wildman–Crippen LogP) is 5.44. The normalized spacial score (nSPS) is 11.4. The van der Waals surface area contributed by atoms with Crippen LogP contribution < -0.4 is 3.58 Å². The molecule has 1 aromatic rings. The van der Waals surface area contributed by atoms with Crippen LogP contribution in [0.4, 0.5) is 5.69 Å². The Labute approximate surface area is 173 Å². The quantitative estimate of drug-likeness (QED) is 0.163. The fourth-order valence-corrected chi connectivity index (χ4v) is 9.00. The second-order valence-electron chi connectivity index (χ2n) is 7.19. The van der Waals surface area contributed by atoms with Gasteiger partial charge < -0.3 is 0 Å². The minimum atomic E-state index is -1.16. The van der Waals surface area contributed by atoms with Gasteiger partial charge >= 0.3 is 174 Å². The van der Waals surface area contributed by atoms with Gasteiger partial charge in [-0.2, -0.15) is 0 Å². The molecule has 27 heavy (non-hydrogen) atoms. The minimum absolute atomic E-state index is 0.0419. The van der Waals surface area contributed by atoms with Crippen molar-refractivity contribution < 1.29 is 14.5 Å². The van der Waals surface area contributed by atoms with Gasteiger partial charge in [0.15, 0.2) is 0 Å². The van der Waals surface area contributed by atoms with E-state index in [2.05, 4.69) is 20.8 Å². The first kappa shape index (κ1) is 23.9. The molecule has 0 fully saturated rings. The molecule has 0 amide bonds. The molecule has 2 radical (unpaired) electrons. The Morgan fingerprint density at radius 3 is 2.00 bits per heavy atom.